The molecular weight excluding hydrogens is 190 g/mol. The molecule has 1 aliphatic rings. The fourth-order valence-electron chi connectivity index (χ4n) is 1.96. The molecule has 1 nitrogen and oxygen atoms in total. The van der Waals surface area contributed by atoms with Crippen molar-refractivity contribution in [3.8, 4) is 0 Å². The van der Waals surface area contributed by atoms with Crippen LogP contribution in [0.25, 0.3) is 0 Å². The Kier molecular flexibility index (Phi) is 7.02. The fourth-order valence-corrected chi connectivity index (χ4v) is 2.21. The van der Waals surface area contributed by atoms with E-state index in [0.29, 0.717) is 0 Å². The molecule has 1 saturated heterocycles. The molecule has 2 heteroatoms. The van der Waals surface area contributed by atoms with Crippen LogP contribution in [0.3, 0.4) is 0 Å². The average molecular weight is 213 g/mol. The van der Waals surface area contributed by atoms with Gasteiger partial charge in [0.2, 0.25) is 0 Å². The zero-order valence-electron chi connectivity index (χ0n) is 9.19. The van der Waals surface area contributed by atoms with E-state index in [2.05, 4.69) is 5.32 Å². The summed E-state index contributed by atoms with van der Waals surface area (Å²) in [5.41, 5.74) is 0. The smallest absolute Gasteiger partial charge is 0.0753 e. The van der Waals surface area contributed by atoms with Gasteiger partial charge in [-0.2, -0.15) is 0 Å². The quantitative estimate of drug-likeness (QED) is 0.614. The molecule has 0 aliphatic carbocycles. The van der Waals surface area contributed by atoms with Gasteiger partial charge in [0.15, 0.2) is 0 Å². The molecule has 0 aromatic carbocycles. The van der Waals surface area contributed by atoms with E-state index < -0.39 is 0 Å². The summed E-state index contributed by atoms with van der Waals surface area (Å²) in [7, 11) is 0. The summed E-state index contributed by atoms with van der Waals surface area (Å²) in [4.78, 5) is 1.09. The van der Waals surface area contributed by atoms with Gasteiger partial charge in [0.25, 0.3) is 0 Å². The van der Waals surface area contributed by atoms with Crippen LogP contribution >= 0.6 is 12.2 Å². The van der Waals surface area contributed by atoms with E-state index in [4.69, 9.17) is 12.2 Å². The molecule has 1 heterocycles. The van der Waals surface area contributed by atoms with Crippen LogP contribution in [-0.4, -0.2) is 11.5 Å². The molecule has 0 radical (unpaired) electrons. The minimum atomic E-state index is 1.09. The second kappa shape index (κ2) is 8.22. The number of rotatable bonds is 0. The topological polar surface area (TPSA) is 12.0 Å². The molecule has 14 heavy (non-hydrogen) atoms. The molecule has 0 bridgehead atoms. The van der Waals surface area contributed by atoms with Crippen LogP contribution in [0.1, 0.15) is 64.2 Å². The first-order valence-corrected chi connectivity index (χ1v) is 6.57. The Hall–Kier alpha value is -0.110. The van der Waals surface area contributed by atoms with Crippen molar-refractivity contribution >= 4 is 17.2 Å². The minimum Gasteiger partial charge on any atom is -0.380 e. The number of hydrogen-bond acceptors (Lipinski definition) is 1. The van der Waals surface area contributed by atoms with Crippen LogP contribution in [0.4, 0.5) is 0 Å². The predicted octanol–water partition coefficient (Wildman–Crippen LogP) is 3.82. The number of nitrogens with one attached hydrogen (secondary N) is 1. The van der Waals surface area contributed by atoms with Gasteiger partial charge >= 0.3 is 0 Å². The number of thiocarbonyl (C=S) groups is 1. The summed E-state index contributed by atoms with van der Waals surface area (Å²) >= 11 is 5.26. The SMILES string of the molecule is S=C1CCCCCCCCCCCN1. The second-order valence-electron chi connectivity index (χ2n) is 4.28. The molecule has 0 aromatic heterocycles. The van der Waals surface area contributed by atoms with Crippen LogP contribution in [0.5, 0.6) is 0 Å². The van der Waals surface area contributed by atoms with E-state index in [0.717, 1.165) is 18.0 Å². The molecule has 0 saturated carbocycles. The van der Waals surface area contributed by atoms with E-state index in [9.17, 15) is 0 Å². The highest BCUT2D eigenvalue weighted by atomic mass is 32.1. The van der Waals surface area contributed by atoms with Gasteiger partial charge in [0.1, 0.15) is 0 Å². The first-order valence-electron chi connectivity index (χ1n) is 6.16. The third-order valence-electron chi connectivity index (χ3n) is 2.90. The fraction of sp³-hybridized carbons (Fsp3) is 0.917. The molecule has 82 valence electrons. The maximum atomic E-state index is 5.26. The van der Waals surface area contributed by atoms with Crippen molar-refractivity contribution in [1.82, 2.24) is 5.32 Å². The lowest BCUT2D eigenvalue weighted by molar-refractivity contribution is 0.566. The molecule has 1 rings (SSSR count). The molecular formula is C12H23NS. The lowest BCUT2D eigenvalue weighted by Crippen LogP contribution is -2.22. The van der Waals surface area contributed by atoms with Crippen molar-refractivity contribution < 1.29 is 0 Å². The normalized spacial score (nSPS) is 22.7. The minimum absolute atomic E-state index is 1.09. The van der Waals surface area contributed by atoms with E-state index in [-0.39, 0.29) is 0 Å². The van der Waals surface area contributed by atoms with Gasteiger partial charge in [-0.1, -0.05) is 57.2 Å². The lowest BCUT2D eigenvalue weighted by atomic mass is 10.1. The first kappa shape index (κ1) is 12.0. The summed E-state index contributed by atoms with van der Waals surface area (Å²) in [5.74, 6) is 0. The molecule has 0 unspecified atom stereocenters. The zero-order valence-corrected chi connectivity index (χ0v) is 10.0. The molecule has 0 atom stereocenters. The Labute approximate surface area is 93.7 Å². The van der Waals surface area contributed by atoms with Crippen molar-refractivity contribution in [2.75, 3.05) is 6.54 Å². The number of hydrogen-bond donors (Lipinski definition) is 1. The highest BCUT2D eigenvalue weighted by Crippen LogP contribution is 2.11. The lowest BCUT2D eigenvalue weighted by Gasteiger charge is -2.06. The van der Waals surface area contributed by atoms with Crippen LogP contribution < -0.4 is 5.32 Å². The standard InChI is InChI=1S/C12H23NS/c14-12-10-8-6-4-2-1-3-5-7-9-11-13-12/h1-11H2,(H,13,14). The molecule has 0 amide bonds. The molecule has 1 fully saturated rings. The summed E-state index contributed by atoms with van der Waals surface area (Å²) in [5, 5.41) is 3.35. The Morgan fingerprint density at radius 2 is 1.21 bits per heavy atom. The summed E-state index contributed by atoms with van der Waals surface area (Å²) in [6.07, 6.45) is 13.5. The van der Waals surface area contributed by atoms with E-state index in [1.165, 1.54) is 57.8 Å². The van der Waals surface area contributed by atoms with Crippen molar-refractivity contribution in [3.63, 3.8) is 0 Å². The van der Waals surface area contributed by atoms with Crippen molar-refractivity contribution in [3.05, 3.63) is 0 Å². The van der Waals surface area contributed by atoms with Gasteiger partial charge in [-0.15, -0.1) is 0 Å². The van der Waals surface area contributed by atoms with Crippen LogP contribution in [0.15, 0.2) is 0 Å². The molecule has 0 spiro atoms. The van der Waals surface area contributed by atoms with Gasteiger partial charge in [-0.25, -0.2) is 0 Å². The van der Waals surface area contributed by atoms with Gasteiger partial charge in [-0.05, 0) is 19.3 Å². The van der Waals surface area contributed by atoms with Crippen molar-refractivity contribution in [1.29, 1.82) is 0 Å². The van der Waals surface area contributed by atoms with Gasteiger partial charge in [0, 0.05) is 6.54 Å². The van der Waals surface area contributed by atoms with E-state index in [1.54, 1.807) is 0 Å². The van der Waals surface area contributed by atoms with Crippen LogP contribution in [0.2, 0.25) is 0 Å². The van der Waals surface area contributed by atoms with Crippen molar-refractivity contribution in [2.45, 2.75) is 64.2 Å². The van der Waals surface area contributed by atoms with Crippen molar-refractivity contribution in [2.24, 2.45) is 0 Å². The van der Waals surface area contributed by atoms with Crippen LogP contribution in [0, 0.1) is 0 Å². The Balaban J connectivity index is 2.15. The summed E-state index contributed by atoms with van der Waals surface area (Å²) < 4.78 is 0. The highest BCUT2D eigenvalue weighted by Gasteiger charge is 1.98. The Morgan fingerprint density at radius 1 is 0.714 bits per heavy atom. The third-order valence-corrected chi connectivity index (χ3v) is 3.25. The van der Waals surface area contributed by atoms with Gasteiger partial charge in [0.05, 0.1) is 4.99 Å². The monoisotopic (exact) mass is 213 g/mol. The zero-order chi connectivity index (χ0) is 10.1. The first-order chi connectivity index (χ1) is 6.89. The Morgan fingerprint density at radius 3 is 1.86 bits per heavy atom. The van der Waals surface area contributed by atoms with Gasteiger partial charge < -0.3 is 5.32 Å². The maximum absolute atomic E-state index is 5.26. The van der Waals surface area contributed by atoms with Crippen LogP contribution in [-0.2, 0) is 0 Å². The van der Waals surface area contributed by atoms with Gasteiger partial charge in [-0.3, -0.25) is 0 Å². The van der Waals surface area contributed by atoms with E-state index >= 15 is 0 Å². The summed E-state index contributed by atoms with van der Waals surface area (Å²) in [6.45, 7) is 1.10. The molecule has 0 aromatic rings. The predicted molar refractivity (Wildman–Crippen MR) is 66.8 cm³/mol. The third kappa shape index (κ3) is 6.36. The second-order valence-corrected chi connectivity index (χ2v) is 4.77. The molecule has 1 N–H and O–H groups in total. The highest BCUT2D eigenvalue weighted by molar-refractivity contribution is 7.80. The average Bonchev–Trinajstić information content (AvgIpc) is 2.20. The Bertz CT molecular complexity index is 140. The van der Waals surface area contributed by atoms with E-state index in [1.807, 2.05) is 0 Å². The largest absolute Gasteiger partial charge is 0.380 e. The maximum Gasteiger partial charge on any atom is 0.0753 e. The molecule has 1 aliphatic heterocycles. The summed E-state index contributed by atoms with van der Waals surface area (Å²) in [6, 6.07) is 0.